The normalized spacial score (nSPS) is 7.62. The van der Waals surface area contributed by atoms with Crippen molar-refractivity contribution in [3.05, 3.63) is 0 Å². The van der Waals surface area contributed by atoms with Gasteiger partial charge in [0.15, 0.2) is 0 Å². The summed E-state index contributed by atoms with van der Waals surface area (Å²) in [6.45, 7) is 7.40. The average Bonchev–Trinajstić information content (AvgIpc) is 2.41. The van der Waals surface area contributed by atoms with Crippen molar-refractivity contribution in [1.82, 2.24) is 16.0 Å². The molecule has 0 heterocycles. The first-order valence-electron chi connectivity index (χ1n) is 6.53. The molecule has 0 amide bonds. The first-order valence-corrected chi connectivity index (χ1v) is 6.53. The van der Waals surface area contributed by atoms with Gasteiger partial charge in [0.1, 0.15) is 0 Å². The van der Waals surface area contributed by atoms with E-state index in [0.717, 1.165) is 0 Å². The monoisotopic (exact) mass is 375 g/mol. The van der Waals surface area contributed by atoms with Gasteiger partial charge in [-0.25, -0.2) is 0 Å². The van der Waals surface area contributed by atoms with Crippen LogP contribution in [-0.2, 0) is 14.4 Å². The van der Waals surface area contributed by atoms with Gasteiger partial charge in [-0.15, -0.1) is 0 Å². The molecule has 3 N–H and O–H groups in total. The molecule has 12 heteroatoms. The summed E-state index contributed by atoms with van der Waals surface area (Å²) >= 11 is 0. The van der Waals surface area contributed by atoms with Gasteiger partial charge in [-0.1, -0.05) is 20.8 Å². The van der Waals surface area contributed by atoms with Crippen molar-refractivity contribution < 1.29 is 118 Å². The summed E-state index contributed by atoms with van der Waals surface area (Å²) in [6, 6.07) is 0. The van der Waals surface area contributed by atoms with Gasteiger partial charge in [0, 0.05) is 19.6 Å². The SMILES string of the molecule is CCNCC(=O)[O-].CCNCC(=O)[O-].CCNCC(=O)[O-].[Na+].[Na+].[Na+]. The van der Waals surface area contributed by atoms with E-state index in [1.54, 1.807) is 0 Å². The summed E-state index contributed by atoms with van der Waals surface area (Å²) in [5.74, 6) is -3.16. The molecule has 0 aromatic heterocycles. The van der Waals surface area contributed by atoms with Gasteiger partial charge in [0.05, 0.1) is 17.9 Å². The third-order valence-corrected chi connectivity index (χ3v) is 1.56. The van der Waals surface area contributed by atoms with E-state index >= 15 is 0 Å². The Hall–Kier alpha value is 1.29. The van der Waals surface area contributed by atoms with E-state index in [2.05, 4.69) is 16.0 Å². The Morgan fingerprint density at radius 2 is 0.750 bits per heavy atom. The van der Waals surface area contributed by atoms with Crippen molar-refractivity contribution in [1.29, 1.82) is 0 Å². The van der Waals surface area contributed by atoms with Crippen molar-refractivity contribution in [2.75, 3.05) is 39.3 Å². The van der Waals surface area contributed by atoms with Gasteiger partial charge >= 0.3 is 88.7 Å². The van der Waals surface area contributed by atoms with E-state index in [1.165, 1.54) is 0 Å². The quantitative estimate of drug-likeness (QED) is 0.333. The second-order valence-electron chi connectivity index (χ2n) is 3.46. The van der Waals surface area contributed by atoms with E-state index in [9.17, 15) is 29.7 Å². The Morgan fingerprint density at radius 3 is 0.792 bits per heavy atom. The van der Waals surface area contributed by atoms with E-state index < -0.39 is 17.9 Å². The topological polar surface area (TPSA) is 156 Å². The Balaban J connectivity index is -0.0000000476. The molecule has 0 fully saturated rings. The number of hydrogen-bond donors (Lipinski definition) is 3. The molecule has 0 radical (unpaired) electrons. The first kappa shape index (κ1) is 40.1. The zero-order chi connectivity index (χ0) is 17.1. The summed E-state index contributed by atoms with van der Waals surface area (Å²) in [5.41, 5.74) is 0. The number of carbonyl (C=O) groups excluding carboxylic acids is 3. The van der Waals surface area contributed by atoms with Crippen LogP contribution in [0.2, 0.25) is 0 Å². The van der Waals surface area contributed by atoms with Crippen LogP contribution in [0.1, 0.15) is 20.8 Å². The Morgan fingerprint density at radius 1 is 0.583 bits per heavy atom. The number of nitrogens with one attached hydrogen (secondary N) is 3. The molecule has 0 bridgehead atoms. The molecule has 126 valence electrons. The standard InChI is InChI=1S/3C4H9NO2.3Na/c3*1-2-5-3-4(6)7;;;/h3*5H,2-3H2,1H3,(H,6,7);;;/q;;;3*+1/p-3. The molecule has 0 aromatic carbocycles. The number of hydrogen-bond acceptors (Lipinski definition) is 9. The zero-order valence-electron chi connectivity index (χ0n) is 15.7. The van der Waals surface area contributed by atoms with E-state index in [1.807, 2.05) is 20.8 Å². The van der Waals surface area contributed by atoms with Crippen LogP contribution in [0.25, 0.3) is 0 Å². The number of likely N-dealkylation sites (N-methyl/N-ethyl adjacent to an activating group) is 3. The van der Waals surface area contributed by atoms with Gasteiger partial charge in [0.25, 0.3) is 0 Å². The number of carboxylic acid groups (broad SMARTS) is 3. The maximum absolute atomic E-state index is 9.58. The largest absolute Gasteiger partial charge is 1.00 e. The summed E-state index contributed by atoms with van der Waals surface area (Å²) < 4.78 is 0. The molecule has 24 heavy (non-hydrogen) atoms. The summed E-state index contributed by atoms with van der Waals surface area (Å²) in [6.07, 6.45) is 0. The Labute approximate surface area is 210 Å². The van der Waals surface area contributed by atoms with Crippen LogP contribution in [0.3, 0.4) is 0 Å². The van der Waals surface area contributed by atoms with Crippen molar-refractivity contribution in [3.8, 4) is 0 Å². The molecule has 0 aliphatic heterocycles. The molecule has 0 saturated heterocycles. The summed E-state index contributed by atoms with van der Waals surface area (Å²) in [5, 5.41) is 36.5. The number of rotatable bonds is 9. The van der Waals surface area contributed by atoms with Gasteiger partial charge in [0.2, 0.25) is 0 Å². The molecule has 0 atom stereocenters. The fourth-order valence-corrected chi connectivity index (χ4v) is 0.681. The average molecular weight is 375 g/mol. The molecular weight excluding hydrogens is 351 g/mol. The second kappa shape index (κ2) is 35.4. The van der Waals surface area contributed by atoms with E-state index in [0.29, 0.717) is 19.6 Å². The van der Waals surface area contributed by atoms with Gasteiger partial charge in [-0.05, 0) is 19.6 Å². The Bertz CT molecular complexity index is 244. The van der Waals surface area contributed by atoms with Crippen molar-refractivity contribution in [2.24, 2.45) is 0 Å². The maximum Gasteiger partial charge on any atom is 1.00 e. The Kier molecular flexibility index (Phi) is 59.2. The molecule has 9 nitrogen and oxygen atoms in total. The van der Waals surface area contributed by atoms with Crippen molar-refractivity contribution in [3.63, 3.8) is 0 Å². The molecule has 0 aromatic rings. The second-order valence-corrected chi connectivity index (χ2v) is 3.46. The van der Waals surface area contributed by atoms with Crippen LogP contribution in [0.5, 0.6) is 0 Å². The van der Waals surface area contributed by atoms with Crippen molar-refractivity contribution >= 4 is 17.9 Å². The summed E-state index contributed by atoms with van der Waals surface area (Å²) in [7, 11) is 0. The molecule has 0 unspecified atom stereocenters. The molecular formula is C12H24N3Na3O6. The van der Waals surface area contributed by atoms with Crippen LogP contribution >= 0.6 is 0 Å². The van der Waals surface area contributed by atoms with Crippen LogP contribution in [-0.4, -0.2) is 57.2 Å². The summed E-state index contributed by atoms with van der Waals surface area (Å²) in [4.78, 5) is 28.8. The fraction of sp³-hybridized carbons (Fsp3) is 0.750. The van der Waals surface area contributed by atoms with Crippen LogP contribution in [0.4, 0.5) is 0 Å². The van der Waals surface area contributed by atoms with Gasteiger partial charge in [-0.2, -0.15) is 0 Å². The van der Waals surface area contributed by atoms with Gasteiger partial charge < -0.3 is 45.7 Å². The van der Waals surface area contributed by atoms with E-state index in [4.69, 9.17) is 0 Å². The van der Waals surface area contributed by atoms with Crippen LogP contribution in [0.15, 0.2) is 0 Å². The van der Waals surface area contributed by atoms with Crippen LogP contribution in [0, 0.1) is 0 Å². The molecule has 0 aliphatic carbocycles. The maximum atomic E-state index is 9.58. The number of carboxylic acids is 3. The predicted octanol–water partition coefficient (Wildman–Crippen LogP) is -14.0. The van der Waals surface area contributed by atoms with Crippen molar-refractivity contribution in [2.45, 2.75) is 20.8 Å². The zero-order valence-corrected chi connectivity index (χ0v) is 21.7. The number of carbonyl (C=O) groups is 3. The first-order chi connectivity index (χ1) is 9.81. The fourth-order valence-electron chi connectivity index (χ4n) is 0.681. The molecule has 0 spiro atoms. The van der Waals surface area contributed by atoms with E-state index in [-0.39, 0.29) is 108 Å². The minimum Gasteiger partial charge on any atom is -0.549 e. The third-order valence-electron chi connectivity index (χ3n) is 1.56. The molecule has 0 rings (SSSR count). The molecule has 0 aliphatic rings. The minimum atomic E-state index is -1.05. The third kappa shape index (κ3) is 65.5. The van der Waals surface area contributed by atoms with Gasteiger partial charge in [-0.3, -0.25) is 0 Å². The smallest absolute Gasteiger partial charge is 0.549 e. The number of aliphatic carboxylic acids is 3. The van der Waals surface area contributed by atoms with Crippen LogP contribution < -0.4 is 120 Å². The predicted molar refractivity (Wildman–Crippen MR) is 70.7 cm³/mol. The molecule has 0 saturated carbocycles. The minimum absolute atomic E-state index is 0.